The lowest BCUT2D eigenvalue weighted by atomic mass is 10.0. The average molecular weight is 425 g/mol. The van der Waals surface area contributed by atoms with Crippen molar-refractivity contribution in [2.24, 2.45) is 0 Å². The van der Waals surface area contributed by atoms with Crippen molar-refractivity contribution in [3.63, 3.8) is 0 Å². The number of nitrogens with zero attached hydrogens (tertiary/aromatic N) is 2. The quantitative estimate of drug-likeness (QED) is 0.628. The number of hydrogen-bond acceptors (Lipinski definition) is 4. The number of para-hydroxylation sites is 2. The van der Waals surface area contributed by atoms with E-state index in [1.807, 2.05) is 24.3 Å². The molecule has 1 aliphatic rings. The summed E-state index contributed by atoms with van der Waals surface area (Å²) in [7, 11) is 0. The van der Waals surface area contributed by atoms with Gasteiger partial charge in [0.15, 0.2) is 0 Å². The summed E-state index contributed by atoms with van der Waals surface area (Å²) in [4.78, 5) is 45.8. The second-order valence-corrected chi connectivity index (χ2v) is 8.42. The van der Waals surface area contributed by atoms with Crippen molar-refractivity contribution in [1.29, 1.82) is 0 Å². The molecular weight excluding hydrogens is 396 g/mol. The Bertz CT molecular complexity index is 1190. The van der Waals surface area contributed by atoms with Crippen molar-refractivity contribution in [2.75, 3.05) is 13.1 Å². The van der Waals surface area contributed by atoms with Crippen LogP contribution in [0.1, 0.15) is 64.8 Å². The molecule has 0 aliphatic carbocycles. The minimum Gasteiger partial charge on any atom is -0.459 e. The second-order valence-electron chi connectivity index (χ2n) is 8.42. The molecule has 164 valence electrons. The van der Waals surface area contributed by atoms with E-state index in [1.165, 1.54) is 0 Å². The first-order valence-corrected chi connectivity index (χ1v) is 10.7. The van der Waals surface area contributed by atoms with E-state index in [0.29, 0.717) is 48.4 Å². The first kappa shape index (κ1) is 21.0. The molecule has 1 fully saturated rings. The summed E-state index contributed by atoms with van der Waals surface area (Å²) in [6.07, 6.45) is 1.15. The van der Waals surface area contributed by atoms with Crippen LogP contribution in [0.4, 0.5) is 0 Å². The Hall–Kier alpha value is -3.29. The molecule has 0 spiro atoms. The number of esters is 1. The van der Waals surface area contributed by atoms with Gasteiger partial charge in [-0.1, -0.05) is 12.1 Å². The highest BCUT2D eigenvalue weighted by Crippen LogP contribution is 2.27. The summed E-state index contributed by atoms with van der Waals surface area (Å²) >= 11 is 0. The fourth-order valence-corrected chi connectivity index (χ4v) is 4.47. The summed E-state index contributed by atoms with van der Waals surface area (Å²) in [5.41, 5.74) is 3.70. The van der Waals surface area contributed by atoms with Gasteiger partial charge in [-0.3, -0.25) is 9.36 Å². The lowest BCUT2D eigenvalue weighted by Gasteiger charge is -2.32. The van der Waals surface area contributed by atoms with Crippen LogP contribution < -0.4 is 5.69 Å². The number of rotatable bonds is 4. The van der Waals surface area contributed by atoms with Crippen LogP contribution in [0.15, 0.2) is 29.1 Å². The molecule has 3 heterocycles. The third-order valence-electron chi connectivity index (χ3n) is 5.94. The van der Waals surface area contributed by atoms with E-state index in [4.69, 9.17) is 4.74 Å². The SMILES string of the molecule is Cc1[nH]c(C(=O)N2CCC(n3c(=O)[nH]c4ccccc43)CC2)c(C)c1C(=O)OC(C)C. The molecule has 1 aliphatic heterocycles. The van der Waals surface area contributed by atoms with Gasteiger partial charge >= 0.3 is 11.7 Å². The van der Waals surface area contributed by atoms with Crippen LogP contribution in [0.25, 0.3) is 11.0 Å². The number of amides is 1. The average Bonchev–Trinajstić information content (AvgIpc) is 3.22. The van der Waals surface area contributed by atoms with Gasteiger partial charge in [0.2, 0.25) is 0 Å². The maximum atomic E-state index is 13.2. The van der Waals surface area contributed by atoms with Gasteiger partial charge in [0.25, 0.3) is 5.91 Å². The molecule has 2 N–H and O–H groups in total. The molecule has 4 rings (SSSR count). The predicted octanol–water partition coefficient (Wildman–Crippen LogP) is 3.32. The zero-order chi connectivity index (χ0) is 22.3. The third-order valence-corrected chi connectivity index (χ3v) is 5.94. The van der Waals surface area contributed by atoms with Crippen molar-refractivity contribution in [1.82, 2.24) is 19.4 Å². The van der Waals surface area contributed by atoms with Gasteiger partial charge in [-0.05, 0) is 58.2 Å². The number of piperidine rings is 1. The lowest BCUT2D eigenvalue weighted by Crippen LogP contribution is -2.40. The van der Waals surface area contributed by atoms with Crippen LogP contribution >= 0.6 is 0 Å². The Balaban J connectivity index is 1.51. The molecule has 0 bridgehead atoms. The van der Waals surface area contributed by atoms with Crippen LogP contribution in [0.3, 0.4) is 0 Å². The summed E-state index contributed by atoms with van der Waals surface area (Å²) < 4.78 is 7.13. The number of likely N-dealkylation sites (tertiary alicyclic amines) is 1. The number of benzene rings is 1. The van der Waals surface area contributed by atoms with Crippen molar-refractivity contribution >= 4 is 22.9 Å². The minimum absolute atomic E-state index is 0.0377. The molecule has 8 heteroatoms. The first-order valence-electron chi connectivity index (χ1n) is 10.7. The van der Waals surface area contributed by atoms with Gasteiger partial charge in [0, 0.05) is 24.8 Å². The number of hydrogen-bond donors (Lipinski definition) is 2. The number of aromatic amines is 2. The normalized spacial score (nSPS) is 15.1. The standard InChI is InChI=1S/C23H28N4O4/c1-13(2)31-22(29)19-14(3)20(24-15(19)4)21(28)26-11-9-16(10-12-26)27-18-8-6-5-7-17(18)25-23(27)30/h5-8,13,16,24H,9-12H2,1-4H3,(H,25,30). The van der Waals surface area contributed by atoms with Crippen LogP contribution in [0.5, 0.6) is 0 Å². The Morgan fingerprint density at radius 2 is 1.77 bits per heavy atom. The van der Waals surface area contributed by atoms with E-state index >= 15 is 0 Å². The highest BCUT2D eigenvalue weighted by molar-refractivity contribution is 6.00. The number of carbonyl (C=O) groups is 2. The summed E-state index contributed by atoms with van der Waals surface area (Å²) in [5.74, 6) is -0.549. The van der Waals surface area contributed by atoms with Crippen LogP contribution in [-0.4, -0.2) is 50.5 Å². The van der Waals surface area contributed by atoms with E-state index in [2.05, 4.69) is 9.97 Å². The topological polar surface area (TPSA) is 100 Å². The van der Waals surface area contributed by atoms with E-state index < -0.39 is 5.97 Å². The van der Waals surface area contributed by atoms with Crippen molar-refractivity contribution in [3.8, 4) is 0 Å². The van der Waals surface area contributed by atoms with E-state index in [1.54, 1.807) is 37.2 Å². The molecule has 1 saturated heterocycles. The van der Waals surface area contributed by atoms with Gasteiger partial charge < -0.3 is 19.6 Å². The van der Waals surface area contributed by atoms with Crippen LogP contribution in [0.2, 0.25) is 0 Å². The maximum absolute atomic E-state index is 13.2. The van der Waals surface area contributed by atoms with Gasteiger partial charge in [-0.2, -0.15) is 0 Å². The Morgan fingerprint density at radius 1 is 1.10 bits per heavy atom. The smallest absolute Gasteiger partial charge is 0.340 e. The molecule has 0 radical (unpaired) electrons. The maximum Gasteiger partial charge on any atom is 0.340 e. The Morgan fingerprint density at radius 3 is 2.45 bits per heavy atom. The summed E-state index contributed by atoms with van der Waals surface area (Å²) in [6, 6.07) is 7.69. The Kier molecular flexibility index (Phi) is 5.47. The number of aryl methyl sites for hydroxylation is 1. The number of H-pyrrole nitrogens is 2. The van der Waals surface area contributed by atoms with Gasteiger partial charge in [-0.15, -0.1) is 0 Å². The number of carbonyl (C=O) groups excluding carboxylic acids is 2. The summed E-state index contributed by atoms with van der Waals surface area (Å²) in [6.45, 7) is 8.22. The number of ether oxygens (including phenoxy) is 1. The first-order chi connectivity index (χ1) is 14.8. The number of aromatic nitrogens is 3. The van der Waals surface area contributed by atoms with Crippen LogP contribution in [-0.2, 0) is 4.74 Å². The van der Waals surface area contributed by atoms with E-state index in [9.17, 15) is 14.4 Å². The number of fused-ring (bicyclic) bond motifs is 1. The molecule has 2 aromatic heterocycles. The molecule has 0 atom stereocenters. The third kappa shape index (κ3) is 3.78. The monoisotopic (exact) mass is 424 g/mol. The molecule has 31 heavy (non-hydrogen) atoms. The van der Waals surface area contributed by atoms with Crippen molar-refractivity contribution in [3.05, 3.63) is 57.3 Å². The molecule has 0 saturated carbocycles. The minimum atomic E-state index is -0.419. The highest BCUT2D eigenvalue weighted by Gasteiger charge is 2.30. The fraction of sp³-hybridized carbons (Fsp3) is 0.435. The van der Waals surface area contributed by atoms with Crippen molar-refractivity contribution in [2.45, 2.75) is 52.7 Å². The van der Waals surface area contributed by atoms with Gasteiger partial charge in [-0.25, -0.2) is 9.59 Å². The van der Waals surface area contributed by atoms with Crippen molar-refractivity contribution < 1.29 is 14.3 Å². The zero-order valence-electron chi connectivity index (χ0n) is 18.3. The zero-order valence-corrected chi connectivity index (χ0v) is 18.3. The number of imidazole rings is 1. The van der Waals surface area contributed by atoms with Gasteiger partial charge in [0.1, 0.15) is 5.69 Å². The lowest BCUT2D eigenvalue weighted by molar-refractivity contribution is 0.0376. The predicted molar refractivity (Wildman–Crippen MR) is 118 cm³/mol. The fourth-order valence-electron chi connectivity index (χ4n) is 4.47. The van der Waals surface area contributed by atoms with Crippen LogP contribution in [0, 0.1) is 13.8 Å². The summed E-state index contributed by atoms with van der Waals surface area (Å²) in [5, 5.41) is 0. The van der Waals surface area contributed by atoms with E-state index in [-0.39, 0.29) is 23.7 Å². The molecule has 3 aromatic rings. The number of nitrogens with one attached hydrogen (secondary N) is 2. The van der Waals surface area contributed by atoms with E-state index in [0.717, 1.165) is 11.0 Å². The highest BCUT2D eigenvalue weighted by atomic mass is 16.5. The second kappa shape index (κ2) is 8.09. The molecule has 0 unspecified atom stereocenters. The molecule has 1 aromatic carbocycles. The largest absolute Gasteiger partial charge is 0.459 e. The Labute approximate surface area is 180 Å². The molecule has 1 amide bonds. The molecule has 8 nitrogen and oxygen atoms in total. The molecular formula is C23H28N4O4. The van der Waals surface area contributed by atoms with Gasteiger partial charge in [0.05, 0.1) is 22.7 Å².